The molecule has 0 fully saturated rings. The van der Waals surface area contributed by atoms with E-state index >= 15 is 0 Å². The SMILES string of the molecule is CCCCNC(=O)C(C)N(Cc1ccc(Cl)cc1)C(=O)COc1cc(C)c(Cl)c(C)c1. The summed E-state index contributed by atoms with van der Waals surface area (Å²) in [7, 11) is 0. The van der Waals surface area contributed by atoms with E-state index in [-0.39, 0.29) is 25.0 Å². The molecule has 2 rings (SSSR count). The first kappa shape index (κ1) is 25.0. The van der Waals surface area contributed by atoms with Crippen molar-refractivity contribution in [3.63, 3.8) is 0 Å². The Morgan fingerprint density at radius 3 is 2.29 bits per heavy atom. The molecule has 0 saturated heterocycles. The zero-order chi connectivity index (χ0) is 23.0. The van der Waals surface area contributed by atoms with Crippen molar-refractivity contribution in [2.24, 2.45) is 0 Å². The van der Waals surface area contributed by atoms with Crippen LogP contribution < -0.4 is 10.1 Å². The second-order valence-corrected chi connectivity index (χ2v) is 8.44. The lowest BCUT2D eigenvalue weighted by Crippen LogP contribution is -2.49. The van der Waals surface area contributed by atoms with Crippen molar-refractivity contribution in [3.8, 4) is 5.75 Å². The standard InChI is InChI=1S/C24H30Cl2N2O3/c1-5-6-11-27-24(30)18(4)28(14-19-7-9-20(25)10-8-19)22(29)15-31-21-12-16(2)23(26)17(3)13-21/h7-10,12-13,18H,5-6,11,14-15H2,1-4H3,(H,27,30). The third-order valence-corrected chi connectivity index (χ3v) is 5.88. The molecule has 0 heterocycles. The summed E-state index contributed by atoms with van der Waals surface area (Å²) in [6, 6.07) is 10.2. The first-order valence-electron chi connectivity index (χ1n) is 10.4. The average Bonchev–Trinajstić information content (AvgIpc) is 2.74. The quantitative estimate of drug-likeness (QED) is 0.483. The molecule has 31 heavy (non-hydrogen) atoms. The van der Waals surface area contributed by atoms with Crippen LogP contribution in [0.1, 0.15) is 43.4 Å². The van der Waals surface area contributed by atoms with Crippen LogP contribution in [0.4, 0.5) is 0 Å². The van der Waals surface area contributed by atoms with Crippen molar-refractivity contribution in [1.29, 1.82) is 0 Å². The van der Waals surface area contributed by atoms with Crippen molar-refractivity contribution >= 4 is 35.0 Å². The highest BCUT2D eigenvalue weighted by molar-refractivity contribution is 6.32. The number of aryl methyl sites for hydroxylation is 2. The fourth-order valence-electron chi connectivity index (χ4n) is 3.12. The van der Waals surface area contributed by atoms with E-state index in [9.17, 15) is 9.59 Å². The molecule has 0 spiro atoms. The Kier molecular flexibility index (Phi) is 9.66. The lowest BCUT2D eigenvalue weighted by atomic mass is 10.1. The molecule has 0 aromatic heterocycles. The summed E-state index contributed by atoms with van der Waals surface area (Å²) in [5.74, 6) is 0.103. The zero-order valence-electron chi connectivity index (χ0n) is 18.5. The van der Waals surface area contributed by atoms with Gasteiger partial charge in [-0.05, 0) is 68.1 Å². The van der Waals surface area contributed by atoms with Gasteiger partial charge in [-0.15, -0.1) is 0 Å². The van der Waals surface area contributed by atoms with E-state index < -0.39 is 6.04 Å². The van der Waals surface area contributed by atoms with E-state index in [2.05, 4.69) is 12.2 Å². The van der Waals surface area contributed by atoms with Gasteiger partial charge in [0.1, 0.15) is 11.8 Å². The number of halogens is 2. The number of amides is 2. The highest BCUT2D eigenvalue weighted by Crippen LogP contribution is 2.26. The number of rotatable bonds is 10. The average molecular weight is 465 g/mol. The van der Waals surface area contributed by atoms with Gasteiger partial charge < -0.3 is 15.0 Å². The number of carbonyl (C=O) groups excluding carboxylic acids is 2. The van der Waals surface area contributed by atoms with Gasteiger partial charge in [0.15, 0.2) is 6.61 Å². The van der Waals surface area contributed by atoms with Gasteiger partial charge in [0.2, 0.25) is 5.91 Å². The molecule has 0 bridgehead atoms. The minimum atomic E-state index is -0.641. The summed E-state index contributed by atoms with van der Waals surface area (Å²) in [5.41, 5.74) is 2.64. The molecule has 2 amide bonds. The lowest BCUT2D eigenvalue weighted by Gasteiger charge is -2.29. The van der Waals surface area contributed by atoms with Crippen molar-refractivity contribution in [1.82, 2.24) is 10.2 Å². The Bertz CT molecular complexity index is 877. The highest BCUT2D eigenvalue weighted by Gasteiger charge is 2.26. The fourth-order valence-corrected chi connectivity index (χ4v) is 3.36. The molecule has 2 aromatic rings. The van der Waals surface area contributed by atoms with Gasteiger partial charge in [-0.2, -0.15) is 0 Å². The molecular weight excluding hydrogens is 435 g/mol. The smallest absolute Gasteiger partial charge is 0.261 e. The van der Waals surface area contributed by atoms with Crippen molar-refractivity contribution in [3.05, 3.63) is 63.1 Å². The first-order valence-corrected chi connectivity index (χ1v) is 11.2. The molecule has 1 atom stereocenters. The van der Waals surface area contributed by atoms with Gasteiger partial charge in [-0.1, -0.05) is 48.7 Å². The predicted octanol–water partition coefficient (Wildman–Crippen LogP) is 5.32. The summed E-state index contributed by atoms with van der Waals surface area (Å²) >= 11 is 12.2. The molecule has 5 nitrogen and oxygen atoms in total. The van der Waals surface area contributed by atoms with Crippen LogP contribution in [0.15, 0.2) is 36.4 Å². The summed E-state index contributed by atoms with van der Waals surface area (Å²) in [5, 5.41) is 4.19. The van der Waals surface area contributed by atoms with Crippen molar-refractivity contribution in [2.75, 3.05) is 13.2 Å². The topological polar surface area (TPSA) is 58.6 Å². The maximum absolute atomic E-state index is 13.1. The minimum Gasteiger partial charge on any atom is -0.484 e. The molecular formula is C24H30Cl2N2O3. The molecule has 168 valence electrons. The van der Waals surface area contributed by atoms with E-state index in [1.165, 1.54) is 4.90 Å². The van der Waals surface area contributed by atoms with Crippen LogP contribution in [0.5, 0.6) is 5.75 Å². The number of nitrogens with zero attached hydrogens (tertiary/aromatic N) is 1. The van der Waals surface area contributed by atoms with Gasteiger partial charge in [0.25, 0.3) is 5.91 Å². The second-order valence-electron chi connectivity index (χ2n) is 7.63. The fraction of sp³-hybridized carbons (Fsp3) is 0.417. The Morgan fingerprint density at radius 2 is 1.71 bits per heavy atom. The van der Waals surface area contributed by atoms with Crippen LogP contribution >= 0.6 is 23.2 Å². The maximum Gasteiger partial charge on any atom is 0.261 e. The third-order valence-electron chi connectivity index (χ3n) is 5.04. The molecule has 1 unspecified atom stereocenters. The normalized spacial score (nSPS) is 11.7. The first-order chi connectivity index (χ1) is 14.7. The number of benzene rings is 2. The minimum absolute atomic E-state index is 0.180. The maximum atomic E-state index is 13.1. The van der Waals surface area contributed by atoms with E-state index in [1.807, 2.05) is 26.0 Å². The van der Waals surface area contributed by atoms with Crippen LogP contribution in [0.25, 0.3) is 0 Å². The van der Waals surface area contributed by atoms with Crippen LogP contribution in [0.3, 0.4) is 0 Å². The highest BCUT2D eigenvalue weighted by atomic mass is 35.5. The number of hydrogen-bond acceptors (Lipinski definition) is 3. The van der Waals surface area contributed by atoms with E-state index in [0.717, 1.165) is 29.5 Å². The molecule has 7 heteroatoms. The van der Waals surface area contributed by atoms with Crippen LogP contribution in [-0.4, -0.2) is 35.9 Å². The Morgan fingerprint density at radius 1 is 1.10 bits per heavy atom. The van der Waals surface area contributed by atoms with E-state index in [1.54, 1.807) is 31.2 Å². The number of carbonyl (C=O) groups is 2. The Balaban J connectivity index is 2.14. The Labute approximate surface area is 194 Å². The molecule has 0 aliphatic carbocycles. The van der Waals surface area contributed by atoms with Gasteiger partial charge in [-0.25, -0.2) is 0 Å². The molecule has 2 aromatic carbocycles. The summed E-state index contributed by atoms with van der Waals surface area (Å²) in [6.45, 7) is 8.25. The molecule has 0 saturated carbocycles. The van der Waals surface area contributed by atoms with Crippen molar-refractivity contribution in [2.45, 2.75) is 53.1 Å². The summed E-state index contributed by atoms with van der Waals surface area (Å²) < 4.78 is 5.75. The van der Waals surface area contributed by atoms with Gasteiger partial charge >= 0.3 is 0 Å². The van der Waals surface area contributed by atoms with E-state index in [0.29, 0.717) is 22.3 Å². The second kappa shape index (κ2) is 12.0. The Hall–Kier alpha value is -2.24. The summed E-state index contributed by atoms with van der Waals surface area (Å²) in [4.78, 5) is 27.2. The molecule has 0 radical (unpaired) electrons. The third kappa shape index (κ3) is 7.44. The van der Waals surface area contributed by atoms with Crippen LogP contribution in [0.2, 0.25) is 10.0 Å². The van der Waals surface area contributed by atoms with Crippen LogP contribution in [0, 0.1) is 13.8 Å². The number of unbranched alkanes of at least 4 members (excludes halogenated alkanes) is 1. The van der Waals surface area contributed by atoms with Gasteiger partial charge in [0, 0.05) is 23.1 Å². The summed E-state index contributed by atoms with van der Waals surface area (Å²) in [6.07, 6.45) is 1.87. The van der Waals surface area contributed by atoms with Gasteiger partial charge in [0.05, 0.1) is 0 Å². The lowest BCUT2D eigenvalue weighted by molar-refractivity contribution is -0.142. The predicted molar refractivity (Wildman–Crippen MR) is 126 cm³/mol. The van der Waals surface area contributed by atoms with Crippen molar-refractivity contribution < 1.29 is 14.3 Å². The number of nitrogens with one attached hydrogen (secondary N) is 1. The van der Waals surface area contributed by atoms with E-state index in [4.69, 9.17) is 27.9 Å². The van der Waals surface area contributed by atoms with Gasteiger partial charge in [-0.3, -0.25) is 9.59 Å². The molecule has 1 N–H and O–H groups in total. The largest absolute Gasteiger partial charge is 0.484 e. The zero-order valence-corrected chi connectivity index (χ0v) is 20.0. The van der Waals surface area contributed by atoms with Crippen LogP contribution in [-0.2, 0) is 16.1 Å². The number of hydrogen-bond donors (Lipinski definition) is 1. The monoisotopic (exact) mass is 464 g/mol. The molecule has 0 aliphatic rings. The number of ether oxygens (including phenoxy) is 1. The molecule has 0 aliphatic heterocycles.